The highest BCUT2D eigenvalue weighted by Crippen LogP contribution is 2.25. The van der Waals surface area contributed by atoms with Gasteiger partial charge in [0.05, 0.1) is 11.2 Å². The Morgan fingerprint density at radius 3 is 2.52 bits per heavy atom. The van der Waals surface area contributed by atoms with Crippen molar-refractivity contribution in [2.24, 2.45) is 0 Å². The number of hydrogen-bond acceptors (Lipinski definition) is 3. The number of hydrogen-bond donors (Lipinski definition) is 1. The van der Waals surface area contributed by atoms with Gasteiger partial charge in [0, 0.05) is 34.6 Å². The van der Waals surface area contributed by atoms with Crippen LogP contribution >= 0.6 is 11.6 Å². The van der Waals surface area contributed by atoms with Gasteiger partial charge in [-0.25, -0.2) is 9.37 Å². The maximum absolute atomic E-state index is 14.7. The van der Waals surface area contributed by atoms with Gasteiger partial charge in [0.1, 0.15) is 11.4 Å². The van der Waals surface area contributed by atoms with E-state index >= 15 is 0 Å². The van der Waals surface area contributed by atoms with E-state index in [1.54, 1.807) is 12.1 Å². The number of nitrogens with zero attached hydrogens (tertiary/aromatic N) is 2. The van der Waals surface area contributed by atoms with Gasteiger partial charge in [-0.2, -0.15) is 4.39 Å². The van der Waals surface area contributed by atoms with Crippen LogP contribution in [-0.4, -0.2) is 15.5 Å². The molecular weight excluding hydrogens is 424 g/mol. The zero-order valence-corrected chi connectivity index (χ0v) is 17.3. The Morgan fingerprint density at radius 2 is 1.81 bits per heavy atom. The molecule has 0 saturated carbocycles. The van der Waals surface area contributed by atoms with Gasteiger partial charge < -0.3 is 9.88 Å². The predicted octanol–water partition coefficient (Wildman–Crippen LogP) is 5.19. The van der Waals surface area contributed by atoms with Crippen LogP contribution in [0.3, 0.4) is 0 Å². The Balaban J connectivity index is 1.96. The first kappa shape index (κ1) is 20.7. The molecule has 1 N–H and O–H groups in total. The van der Waals surface area contributed by atoms with Gasteiger partial charge >= 0.3 is 0 Å². The van der Waals surface area contributed by atoms with Crippen molar-refractivity contribution >= 4 is 34.1 Å². The molecule has 0 aliphatic carbocycles. The molecule has 0 unspecified atom stereocenters. The maximum Gasteiger partial charge on any atom is 0.261 e. The molecule has 2 aromatic carbocycles. The van der Waals surface area contributed by atoms with E-state index in [1.165, 1.54) is 35.2 Å². The number of carbonyl (C=O) groups is 1. The van der Waals surface area contributed by atoms with Crippen LogP contribution in [0.25, 0.3) is 16.6 Å². The van der Waals surface area contributed by atoms with E-state index in [1.807, 2.05) is 13.8 Å². The Kier molecular flexibility index (Phi) is 5.29. The molecule has 156 valence electrons. The summed E-state index contributed by atoms with van der Waals surface area (Å²) in [6, 6.07) is 10.00. The Bertz CT molecular complexity index is 1420. The van der Waals surface area contributed by atoms with E-state index in [0.29, 0.717) is 5.52 Å². The topological polar surface area (TPSA) is 64.0 Å². The molecular formula is C23H16ClF2N3O2. The summed E-state index contributed by atoms with van der Waals surface area (Å²) in [7, 11) is 0. The Hall–Kier alpha value is -3.58. The summed E-state index contributed by atoms with van der Waals surface area (Å²) < 4.78 is 29.5. The molecule has 0 spiro atoms. The summed E-state index contributed by atoms with van der Waals surface area (Å²) in [5, 5.41) is 2.96. The first-order chi connectivity index (χ1) is 14.7. The summed E-state index contributed by atoms with van der Waals surface area (Å²) in [5.74, 6) is -2.14. The minimum absolute atomic E-state index is 0.127. The fraction of sp³-hybridized carbons (Fsp3) is 0.0870. The van der Waals surface area contributed by atoms with Gasteiger partial charge in [-0.1, -0.05) is 11.6 Å². The summed E-state index contributed by atoms with van der Waals surface area (Å²) in [4.78, 5) is 29.5. The SMILES string of the molecule is Cc1cc2c(=O)c(C(=O)Nc3ccnc(F)c3)cn(-c3ccc(Cl)cc3F)c2cc1C. The third-order valence-corrected chi connectivity index (χ3v) is 5.25. The number of aryl methyl sites for hydroxylation is 2. The molecule has 0 aliphatic rings. The standard InChI is InChI=1S/C23H16ClF2N3O2/c1-12-7-16-20(8-13(12)2)29(19-4-3-14(24)9-18(19)25)11-17(22(16)30)23(31)28-15-5-6-27-21(26)10-15/h3-11H,1-2H3,(H,27,28,31). The van der Waals surface area contributed by atoms with Crippen molar-refractivity contribution in [3.63, 3.8) is 0 Å². The average Bonchev–Trinajstić information content (AvgIpc) is 2.70. The average molecular weight is 440 g/mol. The number of rotatable bonds is 3. The second-order valence-electron chi connectivity index (χ2n) is 7.11. The second kappa shape index (κ2) is 7.92. The lowest BCUT2D eigenvalue weighted by Crippen LogP contribution is -2.24. The monoisotopic (exact) mass is 439 g/mol. The smallest absolute Gasteiger partial charge is 0.261 e. The number of benzene rings is 2. The number of halogens is 3. The van der Waals surface area contributed by atoms with Gasteiger partial charge in [-0.15, -0.1) is 0 Å². The number of pyridine rings is 2. The molecule has 2 aromatic heterocycles. The van der Waals surface area contributed by atoms with Crippen molar-refractivity contribution in [3.05, 3.63) is 98.6 Å². The number of fused-ring (bicyclic) bond motifs is 1. The van der Waals surface area contributed by atoms with E-state index < -0.39 is 23.1 Å². The first-order valence-electron chi connectivity index (χ1n) is 9.29. The summed E-state index contributed by atoms with van der Waals surface area (Å²) in [6.45, 7) is 3.72. The fourth-order valence-electron chi connectivity index (χ4n) is 3.30. The number of anilines is 1. The molecule has 5 nitrogen and oxygen atoms in total. The quantitative estimate of drug-likeness (QED) is 0.447. The van der Waals surface area contributed by atoms with Gasteiger partial charge in [-0.3, -0.25) is 9.59 Å². The maximum atomic E-state index is 14.7. The van der Waals surface area contributed by atoms with Crippen LogP contribution in [0.2, 0.25) is 5.02 Å². The zero-order valence-electron chi connectivity index (χ0n) is 16.5. The summed E-state index contributed by atoms with van der Waals surface area (Å²) >= 11 is 5.88. The zero-order chi connectivity index (χ0) is 22.3. The van der Waals surface area contributed by atoms with Crippen molar-refractivity contribution in [1.29, 1.82) is 0 Å². The molecule has 1 amide bonds. The molecule has 4 rings (SSSR count). The lowest BCUT2D eigenvalue weighted by molar-refractivity contribution is 0.102. The van der Waals surface area contributed by atoms with Crippen molar-refractivity contribution in [1.82, 2.24) is 9.55 Å². The summed E-state index contributed by atoms with van der Waals surface area (Å²) in [5.41, 5.74) is 1.72. The Morgan fingerprint density at radius 1 is 1.06 bits per heavy atom. The number of aromatic nitrogens is 2. The molecule has 0 saturated heterocycles. The molecule has 2 heterocycles. The highest BCUT2D eigenvalue weighted by molar-refractivity contribution is 6.30. The van der Waals surface area contributed by atoms with Crippen LogP contribution in [0.1, 0.15) is 21.5 Å². The molecule has 0 bridgehead atoms. The van der Waals surface area contributed by atoms with Crippen LogP contribution in [0, 0.1) is 25.6 Å². The minimum Gasteiger partial charge on any atom is -0.322 e. The van der Waals surface area contributed by atoms with Crippen molar-refractivity contribution < 1.29 is 13.6 Å². The highest BCUT2D eigenvalue weighted by atomic mass is 35.5. The van der Waals surface area contributed by atoms with Crippen molar-refractivity contribution in [3.8, 4) is 5.69 Å². The summed E-state index contributed by atoms with van der Waals surface area (Å²) in [6.07, 6.45) is 2.47. The third kappa shape index (κ3) is 3.92. The Labute approximate surface area is 180 Å². The fourth-order valence-corrected chi connectivity index (χ4v) is 3.46. The van der Waals surface area contributed by atoms with E-state index in [0.717, 1.165) is 23.3 Å². The van der Waals surface area contributed by atoms with E-state index in [4.69, 9.17) is 11.6 Å². The van der Waals surface area contributed by atoms with Crippen LogP contribution in [0.4, 0.5) is 14.5 Å². The minimum atomic E-state index is -0.775. The van der Waals surface area contributed by atoms with E-state index in [-0.39, 0.29) is 27.3 Å². The molecule has 4 aromatic rings. The molecule has 0 fully saturated rings. The second-order valence-corrected chi connectivity index (χ2v) is 7.55. The van der Waals surface area contributed by atoms with Crippen molar-refractivity contribution in [2.45, 2.75) is 13.8 Å². The molecule has 0 radical (unpaired) electrons. The molecule has 8 heteroatoms. The molecule has 0 atom stereocenters. The molecule has 0 aliphatic heterocycles. The van der Waals surface area contributed by atoms with Crippen LogP contribution < -0.4 is 10.7 Å². The van der Waals surface area contributed by atoms with Gasteiger partial charge in [0.25, 0.3) is 5.91 Å². The normalized spacial score (nSPS) is 11.0. The van der Waals surface area contributed by atoms with E-state index in [9.17, 15) is 18.4 Å². The van der Waals surface area contributed by atoms with Crippen LogP contribution in [0.15, 0.2) is 59.7 Å². The van der Waals surface area contributed by atoms with Gasteiger partial charge in [-0.05, 0) is 61.4 Å². The number of carbonyl (C=O) groups excluding carboxylic acids is 1. The largest absolute Gasteiger partial charge is 0.322 e. The number of amides is 1. The molecule has 31 heavy (non-hydrogen) atoms. The third-order valence-electron chi connectivity index (χ3n) is 5.02. The van der Waals surface area contributed by atoms with E-state index in [2.05, 4.69) is 10.3 Å². The predicted molar refractivity (Wildman–Crippen MR) is 116 cm³/mol. The van der Waals surface area contributed by atoms with Gasteiger partial charge in [0.15, 0.2) is 0 Å². The number of nitrogens with one attached hydrogen (secondary N) is 1. The lowest BCUT2D eigenvalue weighted by Gasteiger charge is -2.16. The van der Waals surface area contributed by atoms with Crippen LogP contribution in [-0.2, 0) is 0 Å². The van der Waals surface area contributed by atoms with Gasteiger partial charge in [0.2, 0.25) is 11.4 Å². The van der Waals surface area contributed by atoms with Crippen LogP contribution in [0.5, 0.6) is 0 Å². The lowest BCUT2D eigenvalue weighted by atomic mass is 10.0. The van der Waals surface area contributed by atoms with Crippen molar-refractivity contribution in [2.75, 3.05) is 5.32 Å². The first-order valence-corrected chi connectivity index (χ1v) is 9.67. The highest BCUT2D eigenvalue weighted by Gasteiger charge is 2.19.